The van der Waals surface area contributed by atoms with Crippen LogP contribution in [0.2, 0.25) is 0 Å². The highest BCUT2D eigenvalue weighted by Gasteiger charge is 2.24. The van der Waals surface area contributed by atoms with Crippen molar-refractivity contribution in [1.82, 2.24) is 5.32 Å². The maximum Gasteiger partial charge on any atom is 0.0412 e. The van der Waals surface area contributed by atoms with Crippen molar-refractivity contribution in [2.45, 2.75) is 57.2 Å². The number of thioether (sulfide) groups is 1. The summed E-state index contributed by atoms with van der Waals surface area (Å²) in [5.74, 6) is 0. The minimum Gasteiger partial charge on any atom is -0.369 e. The zero-order valence-electron chi connectivity index (χ0n) is 13.4. The summed E-state index contributed by atoms with van der Waals surface area (Å²) in [7, 11) is 0. The topological polar surface area (TPSA) is 15.3 Å². The predicted molar refractivity (Wildman–Crippen MR) is 91.8 cm³/mol. The van der Waals surface area contributed by atoms with Crippen LogP contribution in [0.1, 0.15) is 40.2 Å². The van der Waals surface area contributed by atoms with E-state index in [4.69, 9.17) is 0 Å². The summed E-state index contributed by atoms with van der Waals surface area (Å²) in [4.78, 5) is 2.56. The molecule has 0 bridgehead atoms. The molecule has 2 nitrogen and oxygen atoms in total. The van der Waals surface area contributed by atoms with Crippen LogP contribution in [0.25, 0.3) is 0 Å². The van der Waals surface area contributed by atoms with E-state index in [-0.39, 0.29) is 5.54 Å². The third-order valence-corrected chi connectivity index (χ3v) is 4.79. The molecule has 0 saturated carbocycles. The normalized spacial score (nSPS) is 23.9. The molecule has 1 fully saturated rings. The second-order valence-corrected chi connectivity index (χ2v) is 8.78. The molecular weight excluding hydrogens is 264 g/mol. The van der Waals surface area contributed by atoms with Crippen LogP contribution >= 0.6 is 11.8 Å². The van der Waals surface area contributed by atoms with Gasteiger partial charge in [0.25, 0.3) is 0 Å². The number of nitrogens with one attached hydrogen (secondary N) is 1. The van der Waals surface area contributed by atoms with Gasteiger partial charge in [0.1, 0.15) is 0 Å². The number of rotatable bonds is 3. The highest BCUT2D eigenvalue weighted by atomic mass is 32.2. The van der Waals surface area contributed by atoms with Gasteiger partial charge in [-0.25, -0.2) is 0 Å². The molecule has 3 heteroatoms. The van der Waals surface area contributed by atoms with Gasteiger partial charge in [0, 0.05) is 41.4 Å². The third kappa shape index (κ3) is 4.42. The Bertz CT molecular complexity index is 429. The van der Waals surface area contributed by atoms with Gasteiger partial charge in [-0.2, -0.15) is 11.8 Å². The molecule has 20 heavy (non-hydrogen) atoms. The summed E-state index contributed by atoms with van der Waals surface area (Å²) in [5, 5.41) is 5.03. The molecule has 0 radical (unpaired) electrons. The van der Waals surface area contributed by atoms with E-state index < -0.39 is 0 Å². The Morgan fingerprint density at radius 2 is 1.75 bits per heavy atom. The smallest absolute Gasteiger partial charge is 0.0412 e. The summed E-state index contributed by atoms with van der Waals surface area (Å²) in [6, 6.07) is 8.84. The fraction of sp³-hybridized carbons (Fsp3) is 0.647. The van der Waals surface area contributed by atoms with Gasteiger partial charge in [0.15, 0.2) is 0 Å². The van der Waals surface area contributed by atoms with Crippen LogP contribution in [-0.2, 0) is 6.54 Å². The van der Waals surface area contributed by atoms with Gasteiger partial charge in [-0.3, -0.25) is 0 Å². The standard InChI is InChI=1S/C17H28N2S/c1-13-11-19(12-14(2)20-13)16-9-7-6-8-15(16)10-18-17(3,4)5/h6-9,13-14,18H,10-12H2,1-5H3. The average Bonchev–Trinajstić information content (AvgIpc) is 2.34. The van der Waals surface area contributed by atoms with Crippen LogP contribution in [0.15, 0.2) is 24.3 Å². The molecule has 1 aliphatic heterocycles. The van der Waals surface area contributed by atoms with E-state index >= 15 is 0 Å². The van der Waals surface area contributed by atoms with Crippen LogP contribution in [0, 0.1) is 0 Å². The Morgan fingerprint density at radius 1 is 1.15 bits per heavy atom. The maximum atomic E-state index is 3.61. The van der Waals surface area contributed by atoms with E-state index in [1.165, 1.54) is 11.3 Å². The van der Waals surface area contributed by atoms with Crippen LogP contribution in [-0.4, -0.2) is 29.1 Å². The van der Waals surface area contributed by atoms with Crippen molar-refractivity contribution in [3.05, 3.63) is 29.8 Å². The van der Waals surface area contributed by atoms with Crippen molar-refractivity contribution in [3.63, 3.8) is 0 Å². The largest absolute Gasteiger partial charge is 0.369 e. The minimum absolute atomic E-state index is 0.158. The fourth-order valence-electron chi connectivity index (χ4n) is 2.70. The van der Waals surface area contributed by atoms with Crippen molar-refractivity contribution in [2.75, 3.05) is 18.0 Å². The molecule has 2 atom stereocenters. The van der Waals surface area contributed by atoms with E-state index in [2.05, 4.69) is 80.9 Å². The van der Waals surface area contributed by atoms with Crippen molar-refractivity contribution in [2.24, 2.45) is 0 Å². The first-order valence-electron chi connectivity index (χ1n) is 7.58. The Hall–Kier alpha value is -0.670. The molecule has 1 saturated heterocycles. The Labute approximate surface area is 128 Å². The molecule has 1 aliphatic rings. The summed E-state index contributed by atoms with van der Waals surface area (Å²) in [5.41, 5.74) is 2.97. The molecule has 2 rings (SSSR count). The van der Waals surface area contributed by atoms with Crippen molar-refractivity contribution >= 4 is 17.4 Å². The molecule has 1 N–H and O–H groups in total. The second-order valence-electron chi connectivity index (χ2n) is 6.89. The number of benzene rings is 1. The lowest BCUT2D eigenvalue weighted by atomic mass is 10.1. The second kappa shape index (κ2) is 6.40. The zero-order chi connectivity index (χ0) is 14.8. The summed E-state index contributed by atoms with van der Waals surface area (Å²) < 4.78 is 0. The molecule has 1 aromatic rings. The van der Waals surface area contributed by atoms with Crippen LogP contribution in [0.4, 0.5) is 5.69 Å². The highest BCUT2D eigenvalue weighted by molar-refractivity contribution is 8.00. The minimum atomic E-state index is 0.158. The molecule has 112 valence electrons. The summed E-state index contributed by atoms with van der Waals surface area (Å²) in [6.07, 6.45) is 0. The molecule has 0 aliphatic carbocycles. The highest BCUT2D eigenvalue weighted by Crippen LogP contribution is 2.30. The number of nitrogens with zero attached hydrogens (tertiary/aromatic N) is 1. The fourth-order valence-corrected chi connectivity index (χ4v) is 4.03. The molecule has 0 spiro atoms. The number of hydrogen-bond donors (Lipinski definition) is 1. The molecule has 1 heterocycles. The van der Waals surface area contributed by atoms with E-state index in [0.29, 0.717) is 10.5 Å². The van der Waals surface area contributed by atoms with Gasteiger partial charge in [0.2, 0.25) is 0 Å². The maximum absolute atomic E-state index is 3.61. The van der Waals surface area contributed by atoms with E-state index in [9.17, 15) is 0 Å². The Morgan fingerprint density at radius 3 is 2.35 bits per heavy atom. The van der Waals surface area contributed by atoms with Crippen LogP contribution < -0.4 is 10.2 Å². The molecule has 0 aromatic heterocycles. The van der Waals surface area contributed by atoms with E-state index in [1.807, 2.05) is 0 Å². The lowest BCUT2D eigenvalue weighted by Crippen LogP contribution is -2.41. The Kier molecular flexibility index (Phi) is 5.03. The number of hydrogen-bond acceptors (Lipinski definition) is 3. The molecule has 2 unspecified atom stereocenters. The van der Waals surface area contributed by atoms with Crippen molar-refractivity contribution < 1.29 is 0 Å². The third-order valence-electron chi connectivity index (χ3n) is 3.56. The lowest BCUT2D eigenvalue weighted by Gasteiger charge is -2.37. The SMILES string of the molecule is CC1CN(c2ccccc2CNC(C)(C)C)CC(C)S1. The Balaban J connectivity index is 2.14. The van der Waals surface area contributed by atoms with Crippen LogP contribution in [0.5, 0.6) is 0 Å². The van der Waals surface area contributed by atoms with Gasteiger partial charge < -0.3 is 10.2 Å². The first-order chi connectivity index (χ1) is 9.35. The average molecular weight is 292 g/mol. The molecule has 1 aromatic carbocycles. The first-order valence-corrected chi connectivity index (χ1v) is 8.53. The van der Waals surface area contributed by atoms with Gasteiger partial charge in [-0.05, 0) is 32.4 Å². The van der Waals surface area contributed by atoms with Gasteiger partial charge in [-0.1, -0.05) is 32.0 Å². The van der Waals surface area contributed by atoms with Gasteiger partial charge >= 0.3 is 0 Å². The first kappa shape index (κ1) is 15.7. The molecule has 0 amide bonds. The monoisotopic (exact) mass is 292 g/mol. The zero-order valence-corrected chi connectivity index (χ0v) is 14.3. The quantitative estimate of drug-likeness (QED) is 0.909. The van der Waals surface area contributed by atoms with Crippen LogP contribution in [0.3, 0.4) is 0 Å². The predicted octanol–water partition coefficient (Wildman–Crippen LogP) is 3.90. The van der Waals surface area contributed by atoms with E-state index in [0.717, 1.165) is 19.6 Å². The summed E-state index contributed by atoms with van der Waals surface area (Å²) in [6.45, 7) is 14.6. The van der Waals surface area contributed by atoms with Crippen molar-refractivity contribution in [3.8, 4) is 0 Å². The van der Waals surface area contributed by atoms with Crippen molar-refractivity contribution in [1.29, 1.82) is 0 Å². The number of anilines is 1. The lowest BCUT2D eigenvalue weighted by molar-refractivity contribution is 0.424. The number of para-hydroxylation sites is 1. The molecular formula is C17H28N2S. The van der Waals surface area contributed by atoms with Gasteiger partial charge in [-0.15, -0.1) is 0 Å². The van der Waals surface area contributed by atoms with Gasteiger partial charge in [0.05, 0.1) is 0 Å². The summed E-state index contributed by atoms with van der Waals surface area (Å²) >= 11 is 2.11. The van der Waals surface area contributed by atoms with E-state index in [1.54, 1.807) is 0 Å².